The van der Waals surface area contributed by atoms with Gasteiger partial charge < -0.3 is 4.90 Å². The van der Waals surface area contributed by atoms with E-state index in [0.29, 0.717) is 0 Å². The lowest BCUT2D eigenvalue weighted by Crippen LogP contribution is -2.30. The summed E-state index contributed by atoms with van der Waals surface area (Å²) in [6, 6.07) is 0. The molecule has 0 unspecified atom stereocenters. The van der Waals surface area contributed by atoms with E-state index in [-0.39, 0.29) is 0 Å². The van der Waals surface area contributed by atoms with Gasteiger partial charge in [-0.05, 0) is 12.8 Å². The topological polar surface area (TPSA) is 15.6 Å². The molecule has 12 heavy (non-hydrogen) atoms. The fourth-order valence-electron chi connectivity index (χ4n) is 1.89. The SMILES string of the molecule is C1=CN=C(N2CCCCCC2)C1. The normalized spacial score (nSPS) is 24.0. The van der Waals surface area contributed by atoms with Crippen molar-refractivity contribution < 1.29 is 0 Å². The number of aliphatic imine (C=N–C) groups is 1. The van der Waals surface area contributed by atoms with Gasteiger partial charge in [0.15, 0.2) is 0 Å². The molecular formula is C10H16N2. The third-order valence-electron chi connectivity index (χ3n) is 2.60. The quantitative estimate of drug-likeness (QED) is 0.536. The fraction of sp³-hybridized carbons (Fsp3) is 0.700. The van der Waals surface area contributed by atoms with Crippen molar-refractivity contribution in [2.45, 2.75) is 32.1 Å². The molecule has 2 aliphatic heterocycles. The molecule has 0 spiro atoms. The van der Waals surface area contributed by atoms with Gasteiger partial charge in [-0.15, -0.1) is 0 Å². The molecule has 2 heterocycles. The van der Waals surface area contributed by atoms with Crippen molar-refractivity contribution in [2.75, 3.05) is 13.1 Å². The molecule has 66 valence electrons. The van der Waals surface area contributed by atoms with Crippen molar-refractivity contribution in [1.29, 1.82) is 0 Å². The summed E-state index contributed by atoms with van der Waals surface area (Å²) in [6.45, 7) is 2.45. The van der Waals surface area contributed by atoms with Crippen LogP contribution < -0.4 is 0 Å². The van der Waals surface area contributed by atoms with E-state index in [4.69, 9.17) is 0 Å². The number of hydrogen-bond acceptors (Lipinski definition) is 2. The maximum absolute atomic E-state index is 4.36. The highest BCUT2D eigenvalue weighted by Crippen LogP contribution is 2.13. The van der Waals surface area contributed by atoms with Gasteiger partial charge in [0.25, 0.3) is 0 Å². The smallest absolute Gasteiger partial charge is 0.108 e. The second kappa shape index (κ2) is 3.74. The fourth-order valence-corrected chi connectivity index (χ4v) is 1.89. The molecule has 0 aromatic heterocycles. The van der Waals surface area contributed by atoms with Crippen LogP contribution in [0.15, 0.2) is 17.3 Å². The van der Waals surface area contributed by atoms with Crippen LogP contribution >= 0.6 is 0 Å². The van der Waals surface area contributed by atoms with E-state index in [1.807, 2.05) is 6.20 Å². The summed E-state index contributed by atoms with van der Waals surface area (Å²) in [4.78, 5) is 6.81. The summed E-state index contributed by atoms with van der Waals surface area (Å²) in [5.74, 6) is 1.29. The second-order valence-electron chi connectivity index (χ2n) is 3.54. The van der Waals surface area contributed by atoms with Gasteiger partial charge >= 0.3 is 0 Å². The Morgan fingerprint density at radius 1 is 1.08 bits per heavy atom. The molecule has 0 bridgehead atoms. The summed E-state index contributed by atoms with van der Waals surface area (Å²) in [5, 5.41) is 0. The Labute approximate surface area is 74.0 Å². The van der Waals surface area contributed by atoms with Crippen molar-refractivity contribution in [1.82, 2.24) is 4.90 Å². The zero-order valence-electron chi connectivity index (χ0n) is 7.50. The highest BCUT2D eigenvalue weighted by Gasteiger charge is 2.13. The minimum atomic E-state index is 1.06. The molecule has 2 aliphatic rings. The van der Waals surface area contributed by atoms with Crippen LogP contribution in [0.4, 0.5) is 0 Å². The average molecular weight is 164 g/mol. The van der Waals surface area contributed by atoms with E-state index in [0.717, 1.165) is 6.42 Å². The Bertz CT molecular complexity index is 198. The van der Waals surface area contributed by atoms with Crippen molar-refractivity contribution in [3.8, 4) is 0 Å². The van der Waals surface area contributed by atoms with Crippen molar-refractivity contribution in [3.63, 3.8) is 0 Å². The van der Waals surface area contributed by atoms with Gasteiger partial charge in [-0.3, -0.25) is 0 Å². The van der Waals surface area contributed by atoms with E-state index >= 15 is 0 Å². The Morgan fingerprint density at radius 2 is 1.83 bits per heavy atom. The van der Waals surface area contributed by atoms with Crippen molar-refractivity contribution >= 4 is 5.84 Å². The van der Waals surface area contributed by atoms with Crippen LogP contribution in [0, 0.1) is 0 Å². The van der Waals surface area contributed by atoms with Crippen LogP contribution in [0.2, 0.25) is 0 Å². The van der Waals surface area contributed by atoms with Crippen LogP contribution in [-0.2, 0) is 0 Å². The van der Waals surface area contributed by atoms with Gasteiger partial charge in [-0.2, -0.15) is 0 Å². The van der Waals surface area contributed by atoms with Crippen molar-refractivity contribution in [2.24, 2.45) is 4.99 Å². The molecule has 0 saturated carbocycles. The zero-order chi connectivity index (χ0) is 8.23. The monoisotopic (exact) mass is 164 g/mol. The predicted molar refractivity (Wildman–Crippen MR) is 51.2 cm³/mol. The largest absolute Gasteiger partial charge is 0.360 e. The minimum absolute atomic E-state index is 1.06. The average Bonchev–Trinajstić information content (AvgIpc) is 2.48. The predicted octanol–water partition coefficient (Wildman–Crippen LogP) is 2.18. The summed E-state index contributed by atoms with van der Waals surface area (Å²) in [5.41, 5.74) is 0. The first-order valence-corrected chi connectivity index (χ1v) is 4.93. The Kier molecular flexibility index (Phi) is 2.45. The molecule has 1 saturated heterocycles. The third kappa shape index (κ3) is 1.68. The summed E-state index contributed by atoms with van der Waals surface area (Å²) < 4.78 is 0. The lowest BCUT2D eigenvalue weighted by Gasteiger charge is -2.21. The number of amidine groups is 1. The molecule has 0 aromatic rings. The molecule has 2 rings (SSSR count). The Hall–Kier alpha value is -0.790. The molecule has 0 atom stereocenters. The van der Waals surface area contributed by atoms with Crippen molar-refractivity contribution in [3.05, 3.63) is 12.3 Å². The van der Waals surface area contributed by atoms with Gasteiger partial charge in [0.2, 0.25) is 0 Å². The number of rotatable bonds is 0. The lowest BCUT2D eigenvalue weighted by molar-refractivity contribution is 0.430. The molecule has 2 nitrogen and oxygen atoms in total. The van der Waals surface area contributed by atoms with Crippen LogP contribution in [0.1, 0.15) is 32.1 Å². The lowest BCUT2D eigenvalue weighted by atomic mass is 10.2. The highest BCUT2D eigenvalue weighted by atomic mass is 15.2. The molecule has 0 aliphatic carbocycles. The van der Waals surface area contributed by atoms with Crippen LogP contribution in [0.3, 0.4) is 0 Å². The van der Waals surface area contributed by atoms with E-state index in [2.05, 4.69) is 16.0 Å². The van der Waals surface area contributed by atoms with E-state index in [1.165, 1.54) is 44.6 Å². The Balaban J connectivity index is 1.93. The molecule has 0 N–H and O–H groups in total. The van der Waals surface area contributed by atoms with E-state index < -0.39 is 0 Å². The van der Waals surface area contributed by atoms with Gasteiger partial charge in [-0.1, -0.05) is 18.9 Å². The summed E-state index contributed by atoms with van der Waals surface area (Å²) in [6.07, 6.45) is 10.6. The van der Waals surface area contributed by atoms with Gasteiger partial charge in [0, 0.05) is 25.7 Å². The van der Waals surface area contributed by atoms with Gasteiger partial charge in [0.05, 0.1) is 0 Å². The molecule has 1 fully saturated rings. The maximum Gasteiger partial charge on any atom is 0.108 e. The van der Waals surface area contributed by atoms with Crippen LogP contribution in [-0.4, -0.2) is 23.8 Å². The minimum Gasteiger partial charge on any atom is -0.360 e. The van der Waals surface area contributed by atoms with E-state index in [1.54, 1.807) is 0 Å². The maximum atomic E-state index is 4.36. The summed E-state index contributed by atoms with van der Waals surface area (Å²) >= 11 is 0. The first kappa shape index (κ1) is 7.84. The molecule has 2 heteroatoms. The number of nitrogens with zero attached hydrogens (tertiary/aromatic N) is 2. The Morgan fingerprint density at radius 3 is 2.42 bits per heavy atom. The third-order valence-corrected chi connectivity index (χ3v) is 2.60. The van der Waals surface area contributed by atoms with Gasteiger partial charge in [0.1, 0.15) is 5.84 Å². The molecule has 0 aromatic carbocycles. The molecule has 0 radical (unpaired) electrons. The second-order valence-corrected chi connectivity index (χ2v) is 3.54. The summed E-state index contributed by atoms with van der Waals surface area (Å²) in [7, 11) is 0. The van der Waals surface area contributed by atoms with Gasteiger partial charge in [-0.25, -0.2) is 4.99 Å². The first-order valence-electron chi connectivity index (χ1n) is 4.93. The highest BCUT2D eigenvalue weighted by molar-refractivity contribution is 5.85. The number of hydrogen-bond donors (Lipinski definition) is 0. The van der Waals surface area contributed by atoms with Crippen LogP contribution in [0.25, 0.3) is 0 Å². The zero-order valence-corrected chi connectivity index (χ0v) is 7.50. The van der Waals surface area contributed by atoms with Crippen LogP contribution in [0.5, 0.6) is 0 Å². The van der Waals surface area contributed by atoms with E-state index in [9.17, 15) is 0 Å². The number of likely N-dealkylation sites (tertiary alicyclic amines) is 1. The standard InChI is InChI=1S/C10H16N2/c1-2-4-9-12(8-3-1)10-6-5-7-11-10/h5,7H,1-4,6,8-9H2. The molecule has 0 amide bonds. The first-order chi connectivity index (χ1) is 5.97. The molecular weight excluding hydrogens is 148 g/mol.